The summed E-state index contributed by atoms with van der Waals surface area (Å²) in [6.07, 6.45) is 1.86. The molecule has 0 saturated carbocycles. The quantitative estimate of drug-likeness (QED) is 0.526. The Kier molecular flexibility index (Phi) is 4.99. The highest BCUT2D eigenvalue weighted by atomic mass is 16.5. The van der Waals surface area contributed by atoms with Crippen LogP contribution in [0.1, 0.15) is 33.6 Å². The Morgan fingerprint density at radius 1 is 1.60 bits per heavy atom. The predicted molar refractivity (Wildman–Crippen MR) is 40.7 cm³/mol. The maximum absolute atomic E-state index is 10.6. The van der Waals surface area contributed by atoms with E-state index in [9.17, 15) is 4.79 Å². The van der Waals surface area contributed by atoms with Gasteiger partial charge in [-0.05, 0) is 12.8 Å². The van der Waals surface area contributed by atoms with Gasteiger partial charge in [-0.2, -0.15) is 0 Å². The molecular weight excluding hydrogens is 128 g/mol. The third-order valence-corrected chi connectivity index (χ3v) is 1.54. The van der Waals surface area contributed by atoms with Crippen LogP contribution in [0.4, 0.5) is 0 Å². The third kappa shape index (κ3) is 2.38. The second-order valence-corrected chi connectivity index (χ2v) is 2.06. The van der Waals surface area contributed by atoms with E-state index < -0.39 is 0 Å². The minimum absolute atomic E-state index is 0.00694. The van der Waals surface area contributed by atoms with E-state index in [4.69, 9.17) is 4.74 Å². The van der Waals surface area contributed by atoms with Crippen LogP contribution in [-0.2, 0) is 9.53 Å². The fourth-order valence-corrected chi connectivity index (χ4v) is 0.908. The lowest BCUT2D eigenvalue weighted by Crippen LogP contribution is -2.04. The minimum Gasteiger partial charge on any atom is -0.465 e. The van der Waals surface area contributed by atoms with Gasteiger partial charge in [0.2, 0.25) is 0 Å². The molecule has 0 aromatic carbocycles. The average molecular weight is 144 g/mol. The molecule has 1 saturated heterocycles. The van der Waals surface area contributed by atoms with Gasteiger partial charge in [-0.1, -0.05) is 20.8 Å². The summed E-state index contributed by atoms with van der Waals surface area (Å²) in [6, 6.07) is 0. The summed E-state index contributed by atoms with van der Waals surface area (Å²) >= 11 is 0. The number of esters is 1. The van der Waals surface area contributed by atoms with E-state index in [1.54, 1.807) is 0 Å². The molecule has 1 rings (SSSR count). The van der Waals surface area contributed by atoms with Crippen molar-refractivity contribution in [1.29, 1.82) is 0 Å². The van der Waals surface area contributed by atoms with E-state index in [-0.39, 0.29) is 11.9 Å². The highest BCUT2D eigenvalue weighted by Crippen LogP contribution is 2.16. The van der Waals surface area contributed by atoms with Crippen LogP contribution < -0.4 is 0 Å². The van der Waals surface area contributed by atoms with Crippen LogP contribution in [0, 0.1) is 5.92 Å². The number of rotatable bonds is 1. The van der Waals surface area contributed by atoms with E-state index in [0.29, 0.717) is 6.61 Å². The fourth-order valence-electron chi connectivity index (χ4n) is 0.908. The zero-order chi connectivity index (χ0) is 7.98. The molecule has 1 aliphatic rings. The van der Waals surface area contributed by atoms with Gasteiger partial charge in [-0.3, -0.25) is 4.79 Å². The van der Waals surface area contributed by atoms with E-state index in [2.05, 4.69) is 0 Å². The van der Waals surface area contributed by atoms with Crippen LogP contribution in [0.5, 0.6) is 0 Å². The Morgan fingerprint density at radius 3 is 2.40 bits per heavy atom. The van der Waals surface area contributed by atoms with Crippen molar-refractivity contribution in [3.8, 4) is 0 Å². The summed E-state index contributed by atoms with van der Waals surface area (Å²) < 4.78 is 4.72. The third-order valence-electron chi connectivity index (χ3n) is 1.54. The Bertz CT molecular complexity index is 99.4. The Morgan fingerprint density at radius 2 is 2.20 bits per heavy atom. The van der Waals surface area contributed by atoms with Crippen molar-refractivity contribution >= 4 is 5.97 Å². The summed E-state index contributed by atoms with van der Waals surface area (Å²) in [7, 11) is 0. The molecule has 0 bridgehead atoms. The molecule has 1 fully saturated rings. The number of hydrogen-bond donors (Lipinski definition) is 0. The van der Waals surface area contributed by atoms with Gasteiger partial charge in [-0.15, -0.1) is 0 Å². The second kappa shape index (κ2) is 5.27. The molecule has 2 heteroatoms. The van der Waals surface area contributed by atoms with Gasteiger partial charge >= 0.3 is 5.97 Å². The molecule has 1 unspecified atom stereocenters. The molecule has 0 N–H and O–H groups in total. The standard InChI is InChI=1S/C6H10O2.C2H6/c1-2-5-3-4-8-6(5)7;1-2/h5H,2-4H2,1H3;1-2H3. The molecule has 1 aliphatic heterocycles. The molecule has 0 spiro atoms. The first kappa shape index (κ1) is 9.47. The van der Waals surface area contributed by atoms with Crippen LogP contribution in [-0.4, -0.2) is 12.6 Å². The van der Waals surface area contributed by atoms with Crippen molar-refractivity contribution in [2.75, 3.05) is 6.61 Å². The van der Waals surface area contributed by atoms with Crippen molar-refractivity contribution in [2.24, 2.45) is 5.92 Å². The second-order valence-electron chi connectivity index (χ2n) is 2.06. The van der Waals surface area contributed by atoms with Gasteiger partial charge in [-0.25, -0.2) is 0 Å². The summed E-state index contributed by atoms with van der Waals surface area (Å²) in [4.78, 5) is 10.6. The lowest BCUT2D eigenvalue weighted by molar-refractivity contribution is -0.141. The molecular formula is C8H16O2. The maximum Gasteiger partial charge on any atom is 0.309 e. The Hall–Kier alpha value is -0.530. The maximum atomic E-state index is 10.6. The van der Waals surface area contributed by atoms with Crippen molar-refractivity contribution in [1.82, 2.24) is 0 Å². The largest absolute Gasteiger partial charge is 0.465 e. The number of carbonyl (C=O) groups excluding carboxylic acids is 1. The van der Waals surface area contributed by atoms with E-state index >= 15 is 0 Å². The first-order chi connectivity index (χ1) is 4.84. The zero-order valence-corrected chi connectivity index (χ0v) is 7.02. The molecule has 0 aromatic rings. The van der Waals surface area contributed by atoms with Gasteiger partial charge < -0.3 is 4.74 Å². The molecule has 0 radical (unpaired) electrons. The minimum atomic E-state index is -0.00694. The van der Waals surface area contributed by atoms with Crippen LogP contribution in [0.2, 0.25) is 0 Å². The summed E-state index contributed by atoms with van der Waals surface area (Å²) in [5, 5.41) is 0. The Balaban J connectivity index is 0.000000371. The number of ether oxygens (including phenoxy) is 1. The van der Waals surface area contributed by atoms with Crippen LogP contribution in [0.25, 0.3) is 0 Å². The topological polar surface area (TPSA) is 26.3 Å². The van der Waals surface area contributed by atoms with Gasteiger partial charge in [0.25, 0.3) is 0 Å². The summed E-state index contributed by atoms with van der Waals surface area (Å²) in [5.74, 6) is 0.197. The van der Waals surface area contributed by atoms with Crippen LogP contribution in [0.3, 0.4) is 0 Å². The molecule has 0 aliphatic carbocycles. The van der Waals surface area contributed by atoms with E-state index in [1.165, 1.54) is 0 Å². The van der Waals surface area contributed by atoms with Gasteiger partial charge in [0.05, 0.1) is 12.5 Å². The monoisotopic (exact) mass is 144 g/mol. The molecule has 0 amide bonds. The lowest BCUT2D eigenvalue weighted by Gasteiger charge is -1.95. The average Bonchev–Trinajstić information content (AvgIpc) is 2.39. The van der Waals surface area contributed by atoms with Crippen LogP contribution >= 0.6 is 0 Å². The van der Waals surface area contributed by atoms with Crippen molar-refractivity contribution in [3.63, 3.8) is 0 Å². The highest BCUT2D eigenvalue weighted by Gasteiger charge is 2.23. The van der Waals surface area contributed by atoms with E-state index in [0.717, 1.165) is 12.8 Å². The highest BCUT2D eigenvalue weighted by molar-refractivity contribution is 5.73. The van der Waals surface area contributed by atoms with Crippen LogP contribution in [0.15, 0.2) is 0 Å². The molecule has 0 aromatic heterocycles. The number of cyclic esters (lactones) is 1. The molecule has 2 nitrogen and oxygen atoms in total. The number of hydrogen-bond acceptors (Lipinski definition) is 2. The summed E-state index contributed by atoms with van der Waals surface area (Å²) in [5.41, 5.74) is 0. The van der Waals surface area contributed by atoms with Gasteiger partial charge in [0.1, 0.15) is 0 Å². The van der Waals surface area contributed by atoms with E-state index in [1.807, 2.05) is 20.8 Å². The number of carbonyl (C=O) groups is 1. The first-order valence-corrected chi connectivity index (χ1v) is 4.01. The van der Waals surface area contributed by atoms with Crippen molar-refractivity contribution in [3.05, 3.63) is 0 Å². The molecule has 10 heavy (non-hydrogen) atoms. The Labute approximate surface area is 62.6 Å². The van der Waals surface area contributed by atoms with Gasteiger partial charge in [0.15, 0.2) is 0 Å². The SMILES string of the molecule is CC.CCC1CCOC1=O. The predicted octanol–water partition coefficient (Wildman–Crippen LogP) is 1.99. The molecule has 1 heterocycles. The molecule has 1 atom stereocenters. The zero-order valence-electron chi connectivity index (χ0n) is 7.02. The first-order valence-electron chi connectivity index (χ1n) is 4.01. The normalized spacial score (nSPS) is 23.1. The summed E-state index contributed by atoms with van der Waals surface area (Å²) in [6.45, 7) is 6.65. The van der Waals surface area contributed by atoms with Crippen molar-refractivity contribution in [2.45, 2.75) is 33.6 Å². The smallest absolute Gasteiger partial charge is 0.309 e. The fraction of sp³-hybridized carbons (Fsp3) is 0.875. The van der Waals surface area contributed by atoms with Crippen molar-refractivity contribution < 1.29 is 9.53 Å². The lowest BCUT2D eigenvalue weighted by atomic mass is 10.1. The molecule has 60 valence electrons. The van der Waals surface area contributed by atoms with Gasteiger partial charge in [0, 0.05) is 0 Å².